The molecule has 0 atom stereocenters. The Morgan fingerprint density at radius 1 is 0.352 bits per heavy atom. The van der Waals surface area contributed by atoms with E-state index in [1.807, 2.05) is 264 Å². The van der Waals surface area contributed by atoms with Crippen LogP contribution >= 0.6 is 0 Å². The molecule has 14 heterocycles. The van der Waals surface area contributed by atoms with Crippen LogP contribution in [0.4, 0.5) is 29.0 Å². The minimum Gasteiger partial charge on any atom is -0.465 e. The van der Waals surface area contributed by atoms with Gasteiger partial charge in [0.15, 0.2) is 66.2 Å². The van der Waals surface area contributed by atoms with Gasteiger partial charge in [0, 0.05) is 138 Å². The molecule has 20 rings (SSSR count). The Kier molecular flexibility index (Phi) is 30.3. The van der Waals surface area contributed by atoms with Crippen molar-refractivity contribution in [2.24, 2.45) is 0 Å². The lowest BCUT2D eigenvalue weighted by Gasteiger charge is -2.13. The number of amides is 1. The van der Waals surface area contributed by atoms with Gasteiger partial charge < -0.3 is 31.3 Å². The number of sulfone groups is 2. The smallest absolute Gasteiger partial charge is 0.321 e. The van der Waals surface area contributed by atoms with Gasteiger partial charge in [-0.1, -0.05) is 176 Å². The van der Waals surface area contributed by atoms with Crippen LogP contribution in [-0.4, -0.2) is 147 Å². The average molecular weight is 1920 g/mol. The Balaban J connectivity index is 0.000000130. The van der Waals surface area contributed by atoms with Gasteiger partial charge in [0.25, 0.3) is 0 Å². The Morgan fingerprint density at radius 3 is 1.08 bits per heavy atom. The fraction of sp³-hybridized carbons (Fsp3) is 0.130. The number of ether oxygens (including phenoxy) is 1. The summed E-state index contributed by atoms with van der Waals surface area (Å²) >= 11 is 0. The molecule has 20 aromatic rings. The molecule has 708 valence electrons. The SMILES string of the molecule is CC(=O)CC(=O)Cc1cncc(-c2nc(NCc3ccccn3)c3c(-c4ccccc4)ccn3n2)c1.CC(=O)Nc1ccccc1-c1nc(NCc2ccccn2)c2c(-c3ccccc3)ccn2n1.CCOC(=O)CS(=O)(=O)Cc1cncc(-c2nc(NCc3ccccn3)c3c(-c4ccccc4)ccn3n2)c1.CS(=O)(=O)Cc1cccc(-c2nc(NCc3ccccn3)c3c(-c4ccccc4)ccn3n2)c1. The van der Waals surface area contributed by atoms with E-state index in [1.165, 1.54) is 26.3 Å². The lowest BCUT2D eigenvalue weighted by Crippen LogP contribution is -2.20. The van der Waals surface area contributed by atoms with E-state index in [9.17, 15) is 36.0 Å². The Morgan fingerprint density at radius 2 is 0.704 bits per heavy atom. The fourth-order valence-corrected chi connectivity index (χ4v) is 17.9. The first-order valence-electron chi connectivity index (χ1n) is 45.4. The number of aromatic nitrogens is 18. The zero-order chi connectivity index (χ0) is 98.3. The summed E-state index contributed by atoms with van der Waals surface area (Å²) in [5.74, 6) is 2.14. The maximum Gasteiger partial charge on any atom is 0.321 e. The van der Waals surface area contributed by atoms with Crippen LogP contribution in [0, 0.1) is 0 Å². The normalized spacial score (nSPS) is 11.2. The van der Waals surface area contributed by atoms with Crippen molar-refractivity contribution in [3.8, 4) is 90.1 Å². The molecular weight excluding hydrogens is 1830 g/mol. The van der Waals surface area contributed by atoms with Crippen molar-refractivity contribution < 1.29 is 40.8 Å². The lowest BCUT2D eigenvalue weighted by molar-refractivity contribution is -0.140. The zero-order valence-corrected chi connectivity index (χ0v) is 79.2. The minimum absolute atomic E-state index is 0.0322. The van der Waals surface area contributed by atoms with E-state index in [1.54, 1.807) is 71.5 Å². The quantitative estimate of drug-likeness (QED) is 0.0193. The van der Waals surface area contributed by atoms with Crippen LogP contribution in [0.2, 0.25) is 0 Å². The predicted molar refractivity (Wildman–Crippen MR) is 548 cm³/mol. The second-order valence-electron chi connectivity index (χ2n) is 33.0. The van der Waals surface area contributed by atoms with E-state index in [4.69, 9.17) is 45.1 Å². The number of hydrogen-bond donors (Lipinski definition) is 5. The number of pyridine rings is 6. The number of rotatable bonds is 32. The summed E-state index contributed by atoms with van der Waals surface area (Å²) in [7, 11) is -6.90. The number of hydrogen-bond acceptors (Lipinski definition) is 27. The second-order valence-corrected chi connectivity index (χ2v) is 37.2. The topological polar surface area (TPSA) is 404 Å². The molecule has 0 bridgehead atoms. The van der Waals surface area contributed by atoms with Crippen LogP contribution in [0.5, 0.6) is 0 Å². The highest BCUT2D eigenvalue weighted by Gasteiger charge is 2.25. The second kappa shape index (κ2) is 44.9. The number of benzene rings is 6. The molecule has 34 heteroatoms. The molecule has 1 amide bonds. The molecule has 0 unspecified atom stereocenters. The van der Waals surface area contributed by atoms with Crippen LogP contribution < -0.4 is 26.6 Å². The highest BCUT2D eigenvalue weighted by molar-refractivity contribution is 7.91. The molecule has 32 nitrogen and oxygen atoms in total. The third-order valence-corrected chi connectivity index (χ3v) is 24.4. The number of nitrogens with one attached hydrogen (secondary N) is 5. The van der Waals surface area contributed by atoms with Crippen LogP contribution in [0.1, 0.15) is 66.7 Å². The van der Waals surface area contributed by atoms with Crippen molar-refractivity contribution in [3.63, 3.8) is 0 Å². The van der Waals surface area contributed by atoms with Gasteiger partial charge in [0.05, 0.1) is 79.2 Å². The molecule has 0 aliphatic heterocycles. The number of carbonyl (C=O) groups is 4. The first-order chi connectivity index (χ1) is 69.1. The van der Waals surface area contributed by atoms with E-state index in [0.29, 0.717) is 106 Å². The zero-order valence-electron chi connectivity index (χ0n) is 77.6. The van der Waals surface area contributed by atoms with E-state index in [2.05, 4.69) is 92.9 Å². The summed E-state index contributed by atoms with van der Waals surface area (Å²) in [5.41, 5.74) is 20.3. The molecule has 0 saturated carbocycles. The Hall–Kier alpha value is -17.9. The number of anilines is 5. The molecule has 0 saturated heterocycles. The van der Waals surface area contributed by atoms with Gasteiger partial charge in [-0.25, -0.2) is 54.8 Å². The predicted octanol–water partition coefficient (Wildman–Crippen LogP) is 18.1. The van der Waals surface area contributed by atoms with Crippen molar-refractivity contribution in [3.05, 3.63) is 393 Å². The molecule has 0 aliphatic carbocycles. The first kappa shape index (κ1) is 95.8. The molecule has 14 aromatic heterocycles. The van der Waals surface area contributed by atoms with Crippen LogP contribution in [-0.2, 0) is 87.7 Å². The number of esters is 1. The van der Waals surface area contributed by atoms with E-state index >= 15 is 0 Å². The number of carbonyl (C=O) groups excluding carboxylic acids is 4. The van der Waals surface area contributed by atoms with Gasteiger partial charge in [0.1, 0.15) is 39.4 Å². The van der Waals surface area contributed by atoms with Gasteiger partial charge in [-0.15, -0.1) is 20.4 Å². The highest BCUT2D eigenvalue weighted by atomic mass is 32.2. The Labute approximate surface area is 817 Å². The maximum absolute atomic E-state index is 12.5. The summed E-state index contributed by atoms with van der Waals surface area (Å²) in [5, 5.41) is 35.5. The van der Waals surface area contributed by atoms with Crippen molar-refractivity contribution in [2.45, 2.75) is 71.3 Å². The molecule has 0 aliphatic rings. The lowest BCUT2D eigenvalue weighted by atomic mass is 10.1. The average Bonchev–Trinajstić information content (AvgIpc) is 1.61. The highest BCUT2D eigenvalue weighted by Crippen LogP contribution is 2.38. The molecule has 142 heavy (non-hydrogen) atoms. The molecule has 0 radical (unpaired) electrons. The summed E-state index contributed by atoms with van der Waals surface area (Å²) in [6.07, 6.45) is 22.2. The number of para-hydroxylation sites is 1. The van der Waals surface area contributed by atoms with Crippen LogP contribution in [0.3, 0.4) is 0 Å². The minimum atomic E-state index is -3.74. The van der Waals surface area contributed by atoms with Gasteiger partial charge >= 0.3 is 5.97 Å². The van der Waals surface area contributed by atoms with E-state index in [0.717, 1.165) is 100 Å². The third-order valence-electron chi connectivity index (χ3n) is 22.1. The molecular formula is C108H95N23O9S2. The van der Waals surface area contributed by atoms with Crippen molar-refractivity contribution in [1.29, 1.82) is 0 Å². The standard InChI is InChI=1S/C28H26N6O4S.C28H24N6O2.C26H22N6O.C26H23N5O2S/c1-2-38-25(35)19-39(36,37)18-20-14-22(16-29-15-20)27-32-28(31-17-23-10-6-7-12-30-23)26-24(11-13-34(26)33-27)21-8-4-3-5-9-21;1-19(35)13-24(36)15-20-14-22(17-29-16-20)27-32-28(31-18-23-9-5-6-11-30-23)26-25(10-12-34(26)33-27)21-7-3-2-4-8-21;1-18(33)29-23-13-6-5-12-22(23)25-30-26(28-17-20-11-7-8-15-27-20)24-21(14-16-32(24)31-25)19-9-3-2-4-10-19;1-34(32,33)18-19-8-7-11-21(16-19)25-29-26(28-17-22-12-5-6-14-27-22)24-23(13-15-31(24)30-25)20-9-3-2-4-10-20/h3-16H,2,17-19H2,1H3,(H,31,32,33);2-12,14,16-17H,13,15,18H2,1H3,(H,31,32,33);2-16H,17H2,1H3,(H,29,33)(H,28,30,31);2-16H,17-18H2,1H3,(H,28,29,30). The van der Waals surface area contributed by atoms with Crippen molar-refractivity contribution in [2.75, 3.05) is 45.2 Å². The fourth-order valence-electron chi connectivity index (χ4n) is 15.9. The summed E-state index contributed by atoms with van der Waals surface area (Å²) < 4.78 is 60.6. The summed E-state index contributed by atoms with van der Waals surface area (Å²) in [4.78, 5) is 92.4. The van der Waals surface area contributed by atoms with Gasteiger partial charge in [0.2, 0.25) is 5.91 Å². The number of ketones is 2. The summed E-state index contributed by atoms with van der Waals surface area (Å²) in [6.45, 7) is 6.59. The summed E-state index contributed by atoms with van der Waals surface area (Å²) in [6, 6.07) is 89.8. The number of Topliss-reactive ketones (excluding diaryl/α,β-unsaturated/α-hetero) is 2. The van der Waals surface area contributed by atoms with Crippen molar-refractivity contribution >= 4 is 94.1 Å². The van der Waals surface area contributed by atoms with Crippen LogP contribution in [0.25, 0.3) is 112 Å². The number of fused-ring (bicyclic) bond motifs is 4. The van der Waals surface area contributed by atoms with Crippen molar-refractivity contribution in [1.82, 2.24) is 88.3 Å². The third kappa shape index (κ3) is 24.7. The van der Waals surface area contributed by atoms with Gasteiger partial charge in [-0.2, -0.15) is 0 Å². The molecule has 0 spiro atoms. The van der Waals surface area contributed by atoms with E-state index < -0.39 is 31.4 Å². The number of nitrogens with zero attached hydrogens (tertiary/aromatic N) is 18. The molecule has 5 N–H and O–H groups in total. The first-order valence-corrected chi connectivity index (χ1v) is 49.3. The van der Waals surface area contributed by atoms with Gasteiger partial charge in [-0.05, 0) is 156 Å². The van der Waals surface area contributed by atoms with E-state index in [-0.39, 0.29) is 48.4 Å². The molecule has 0 fully saturated rings. The largest absolute Gasteiger partial charge is 0.465 e. The van der Waals surface area contributed by atoms with Gasteiger partial charge in [-0.3, -0.25) is 49.1 Å². The van der Waals surface area contributed by atoms with Crippen LogP contribution in [0.15, 0.2) is 353 Å². The monoisotopic (exact) mass is 1920 g/mol. The Bertz CT molecular complexity index is 8100. The molecule has 6 aromatic carbocycles. The maximum atomic E-state index is 12.5.